The van der Waals surface area contributed by atoms with E-state index in [4.69, 9.17) is 0 Å². The number of carbonyl (C=O) groups is 1. The molecule has 0 heterocycles. The molecule has 0 saturated heterocycles. The summed E-state index contributed by atoms with van der Waals surface area (Å²) in [4.78, 5) is 14.0. The van der Waals surface area contributed by atoms with Gasteiger partial charge in [0.2, 0.25) is 5.91 Å². The van der Waals surface area contributed by atoms with Crippen molar-refractivity contribution in [1.29, 1.82) is 0 Å². The first kappa shape index (κ1) is 16.3. The zero-order chi connectivity index (χ0) is 15.2. The normalized spacial score (nSPS) is 16.0. The Labute approximate surface area is 128 Å². The SMILES string of the molecule is CN(C(=O)CSCc1ccc(F)c(F)c1)C1CCCCC1. The summed E-state index contributed by atoms with van der Waals surface area (Å²) in [5.41, 5.74) is 0.701. The van der Waals surface area contributed by atoms with Crippen molar-refractivity contribution >= 4 is 17.7 Å². The molecule has 1 amide bonds. The van der Waals surface area contributed by atoms with Crippen molar-refractivity contribution in [1.82, 2.24) is 4.90 Å². The van der Waals surface area contributed by atoms with Gasteiger partial charge in [0.15, 0.2) is 11.6 Å². The molecule has 1 aliphatic carbocycles. The molecule has 1 fully saturated rings. The summed E-state index contributed by atoms with van der Waals surface area (Å²) in [6, 6.07) is 4.25. The van der Waals surface area contributed by atoms with Crippen molar-refractivity contribution in [2.75, 3.05) is 12.8 Å². The van der Waals surface area contributed by atoms with Crippen LogP contribution in [0.1, 0.15) is 37.7 Å². The fourth-order valence-electron chi connectivity index (χ4n) is 2.66. The maximum Gasteiger partial charge on any atom is 0.232 e. The molecule has 1 aromatic rings. The molecule has 1 saturated carbocycles. The van der Waals surface area contributed by atoms with E-state index in [0.717, 1.165) is 18.9 Å². The van der Waals surface area contributed by atoms with Crippen LogP contribution in [0.25, 0.3) is 0 Å². The predicted molar refractivity (Wildman–Crippen MR) is 82.2 cm³/mol. The lowest BCUT2D eigenvalue weighted by Crippen LogP contribution is -2.39. The van der Waals surface area contributed by atoms with Crippen LogP contribution in [-0.4, -0.2) is 29.6 Å². The highest BCUT2D eigenvalue weighted by atomic mass is 32.2. The van der Waals surface area contributed by atoms with Gasteiger partial charge in [-0.25, -0.2) is 8.78 Å². The third kappa shape index (κ3) is 4.70. The fourth-order valence-corrected chi connectivity index (χ4v) is 3.55. The van der Waals surface area contributed by atoms with Crippen molar-refractivity contribution < 1.29 is 13.6 Å². The zero-order valence-corrected chi connectivity index (χ0v) is 13.1. The third-order valence-corrected chi connectivity index (χ3v) is 4.98. The molecule has 116 valence electrons. The van der Waals surface area contributed by atoms with Crippen LogP contribution in [0.3, 0.4) is 0 Å². The van der Waals surface area contributed by atoms with Gasteiger partial charge in [0, 0.05) is 18.8 Å². The zero-order valence-electron chi connectivity index (χ0n) is 12.3. The number of hydrogen-bond acceptors (Lipinski definition) is 2. The van der Waals surface area contributed by atoms with Crippen LogP contribution in [0.4, 0.5) is 8.78 Å². The summed E-state index contributed by atoms with van der Waals surface area (Å²) in [6.07, 6.45) is 5.85. The van der Waals surface area contributed by atoms with E-state index >= 15 is 0 Å². The van der Waals surface area contributed by atoms with E-state index in [1.165, 1.54) is 37.1 Å². The molecule has 2 rings (SSSR count). The Morgan fingerprint density at radius 2 is 1.95 bits per heavy atom. The molecular weight excluding hydrogens is 292 g/mol. The number of halogens is 2. The van der Waals surface area contributed by atoms with Gasteiger partial charge in [-0.3, -0.25) is 4.79 Å². The molecule has 0 radical (unpaired) electrons. The number of thioether (sulfide) groups is 1. The Morgan fingerprint density at radius 1 is 1.24 bits per heavy atom. The molecule has 0 unspecified atom stereocenters. The van der Waals surface area contributed by atoms with E-state index in [-0.39, 0.29) is 5.91 Å². The third-order valence-electron chi connectivity index (χ3n) is 3.99. The monoisotopic (exact) mass is 313 g/mol. The van der Waals surface area contributed by atoms with Crippen LogP contribution < -0.4 is 0 Å². The summed E-state index contributed by atoms with van der Waals surface area (Å²) < 4.78 is 25.9. The van der Waals surface area contributed by atoms with Crippen LogP contribution in [0.2, 0.25) is 0 Å². The summed E-state index contributed by atoms with van der Waals surface area (Å²) in [6.45, 7) is 0. The van der Waals surface area contributed by atoms with Crippen LogP contribution in [-0.2, 0) is 10.5 Å². The van der Waals surface area contributed by atoms with Crippen molar-refractivity contribution in [2.24, 2.45) is 0 Å². The van der Waals surface area contributed by atoms with E-state index in [1.54, 1.807) is 6.07 Å². The van der Waals surface area contributed by atoms with Gasteiger partial charge in [-0.05, 0) is 30.5 Å². The second-order valence-corrected chi connectivity index (χ2v) is 6.52. The quantitative estimate of drug-likeness (QED) is 0.819. The molecule has 0 aromatic heterocycles. The van der Waals surface area contributed by atoms with Crippen LogP contribution >= 0.6 is 11.8 Å². The molecule has 1 aromatic carbocycles. The van der Waals surface area contributed by atoms with E-state index in [1.807, 2.05) is 11.9 Å². The summed E-state index contributed by atoms with van der Waals surface area (Å²) in [7, 11) is 1.87. The molecule has 2 nitrogen and oxygen atoms in total. The first-order chi connectivity index (χ1) is 10.1. The van der Waals surface area contributed by atoms with Crippen LogP contribution in [0, 0.1) is 11.6 Å². The minimum absolute atomic E-state index is 0.120. The number of carbonyl (C=O) groups excluding carboxylic acids is 1. The molecule has 1 aliphatic rings. The van der Waals surface area contributed by atoms with Gasteiger partial charge < -0.3 is 4.90 Å². The number of rotatable bonds is 5. The number of nitrogens with zero attached hydrogens (tertiary/aromatic N) is 1. The molecular formula is C16H21F2NOS. The minimum Gasteiger partial charge on any atom is -0.342 e. The molecule has 5 heteroatoms. The predicted octanol–water partition coefficient (Wildman–Crippen LogP) is 3.99. The Bertz CT molecular complexity index is 489. The van der Waals surface area contributed by atoms with E-state index in [0.29, 0.717) is 23.1 Å². The fraction of sp³-hybridized carbons (Fsp3) is 0.562. The lowest BCUT2D eigenvalue weighted by molar-refractivity contribution is -0.129. The Hall–Kier alpha value is -1.10. The molecule has 0 spiro atoms. The average molecular weight is 313 g/mol. The van der Waals surface area contributed by atoms with E-state index < -0.39 is 11.6 Å². The summed E-state index contributed by atoms with van der Waals surface area (Å²) in [5, 5.41) is 0. The van der Waals surface area contributed by atoms with Crippen LogP contribution in [0.15, 0.2) is 18.2 Å². The van der Waals surface area contributed by atoms with Gasteiger partial charge in [0.25, 0.3) is 0 Å². The molecule has 0 atom stereocenters. The maximum absolute atomic E-state index is 13.1. The van der Waals surface area contributed by atoms with Gasteiger partial charge in [-0.1, -0.05) is 25.3 Å². The van der Waals surface area contributed by atoms with Crippen LogP contribution in [0.5, 0.6) is 0 Å². The second-order valence-electron chi connectivity index (χ2n) is 5.54. The first-order valence-electron chi connectivity index (χ1n) is 7.35. The minimum atomic E-state index is -0.836. The van der Waals surface area contributed by atoms with E-state index in [9.17, 15) is 13.6 Å². The van der Waals surface area contributed by atoms with Gasteiger partial charge >= 0.3 is 0 Å². The molecule has 0 N–H and O–H groups in total. The van der Waals surface area contributed by atoms with Crippen molar-refractivity contribution in [3.05, 3.63) is 35.4 Å². The Morgan fingerprint density at radius 3 is 2.62 bits per heavy atom. The highest BCUT2D eigenvalue weighted by Crippen LogP contribution is 2.22. The van der Waals surface area contributed by atoms with Crippen molar-refractivity contribution in [3.8, 4) is 0 Å². The lowest BCUT2D eigenvalue weighted by atomic mass is 9.94. The van der Waals surface area contributed by atoms with Gasteiger partial charge in [0.05, 0.1) is 5.75 Å². The molecule has 0 aliphatic heterocycles. The van der Waals surface area contributed by atoms with Crippen molar-refractivity contribution in [3.63, 3.8) is 0 Å². The largest absolute Gasteiger partial charge is 0.342 e. The summed E-state index contributed by atoms with van der Waals surface area (Å²) in [5.74, 6) is -0.655. The molecule has 0 bridgehead atoms. The van der Waals surface area contributed by atoms with E-state index in [2.05, 4.69) is 0 Å². The Kier molecular flexibility index (Phi) is 6.03. The summed E-state index contributed by atoms with van der Waals surface area (Å²) >= 11 is 1.44. The first-order valence-corrected chi connectivity index (χ1v) is 8.50. The van der Waals surface area contributed by atoms with Gasteiger partial charge in [-0.15, -0.1) is 11.8 Å². The smallest absolute Gasteiger partial charge is 0.232 e. The van der Waals surface area contributed by atoms with Crippen molar-refractivity contribution in [2.45, 2.75) is 43.9 Å². The van der Waals surface area contributed by atoms with Gasteiger partial charge in [-0.2, -0.15) is 0 Å². The topological polar surface area (TPSA) is 20.3 Å². The number of benzene rings is 1. The standard InChI is InChI=1S/C16H21F2NOS/c1-19(13-5-3-2-4-6-13)16(20)11-21-10-12-7-8-14(17)15(18)9-12/h7-9,13H,2-6,10-11H2,1H3. The number of amides is 1. The lowest BCUT2D eigenvalue weighted by Gasteiger charge is -2.31. The average Bonchev–Trinajstić information content (AvgIpc) is 2.51. The molecule has 21 heavy (non-hydrogen) atoms. The Balaban J connectivity index is 1.76. The second kappa shape index (κ2) is 7.78. The highest BCUT2D eigenvalue weighted by molar-refractivity contribution is 7.99. The maximum atomic E-state index is 13.1. The highest BCUT2D eigenvalue weighted by Gasteiger charge is 2.21. The number of hydrogen-bond donors (Lipinski definition) is 0. The van der Waals surface area contributed by atoms with Gasteiger partial charge in [0.1, 0.15) is 0 Å².